The third-order valence-corrected chi connectivity index (χ3v) is 4.05. The van der Waals surface area contributed by atoms with Crippen LogP contribution in [0.3, 0.4) is 0 Å². The molecule has 0 bridgehead atoms. The topological polar surface area (TPSA) is 100 Å². The number of aliphatic hydroxyl groups excluding tert-OH is 2. The molecule has 3 aromatic rings. The number of halogens is 2. The molecule has 0 saturated heterocycles. The molecule has 0 saturated carbocycles. The number of aliphatic hydroxyl groups is 2. The second-order valence-electron chi connectivity index (χ2n) is 5.50. The van der Waals surface area contributed by atoms with E-state index in [0.717, 1.165) is 10.6 Å². The first-order chi connectivity index (χ1) is 13.4. The van der Waals surface area contributed by atoms with Gasteiger partial charge in [0.05, 0.1) is 30.3 Å². The van der Waals surface area contributed by atoms with Crippen LogP contribution in [0.4, 0.5) is 14.7 Å². The lowest BCUT2D eigenvalue weighted by Crippen LogP contribution is -2.29. The SMILES string of the molecule is CC.O=c1ccc2c(F)nc(NC(CO)CO)nc2n1-c1ccc(P)cc1F. The average molecular weight is 410 g/mol. The number of hydrogen-bond donors (Lipinski definition) is 3. The zero-order valence-corrected chi connectivity index (χ0v) is 16.5. The van der Waals surface area contributed by atoms with Gasteiger partial charge < -0.3 is 15.5 Å². The number of rotatable bonds is 5. The Bertz CT molecular complexity index is 1030. The van der Waals surface area contributed by atoms with Crippen LogP contribution in [0.1, 0.15) is 13.8 Å². The zero-order chi connectivity index (χ0) is 20.8. The van der Waals surface area contributed by atoms with Crippen LogP contribution in [-0.4, -0.2) is 44.0 Å². The molecule has 7 nitrogen and oxygen atoms in total. The molecule has 3 N–H and O–H groups in total. The van der Waals surface area contributed by atoms with Gasteiger partial charge in [-0.1, -0.05) is 19.9 Å². The Labute approximate surface area is 162 Å². The molecule has 150 valence electrons. The molecule has 2 aromatic heterocycles. The van der Waals surface area contributed by atoms with E-state index in [1.807, 2.05) is 13.8 Å². The van der Waals surface area contributed by atoms with E-state index in [1.165, 1.54) is 18.2 Å². The molecule has 0 aliphatic rings. The molecule has 0 aliphatic carbocycles. The van der Waals surface area contributed by atoms with Crippen LogP contribution in [0.15, 0.2) is 35.1 Å². The van der Waals surface area contributed by atoms with E-state index in [-0.39, 0.29) is 22.7 Å². The standard InChI is InChI=1S/C16H15F2N4O3P.C2H6/c17-11-5-9(26)1-3-12(11)22-13(25)4-2-10-14(18)20-16(21-15(10)22)19-8(6-23)7-24;1-2/h1-5,8,23-24H,6-7,26H2,(H,19,20,21);1-2H3. The fourth-order valence-corrected chi connectivity index (χ4v) is 2.65. The van der Waals surface area contributed by atoms with Crippen molar-refractivity contribution in [1.29, 1.82) is 0 Å². The van der Waals surface area contributed by atoms with Crippen LogP contribution in [0, 0.1) is 11.8 Å². The van der Waals surface area contributed by atoms with E-state index >= 15 is 0 Å². The summed E-state index contributed by atoms with van der Waals surface area (Å²) in [6.45, 7) is 3.12. The molecule has 1 unspecified atom stereocenters. The summed E-state index contributed by atoms with van der Waals surface area (Å²) < 4.78 is 29.7. The smallest absolute Gasteiger partial charge is 0.256 e. The van der Waals surface area contributed by atoms with Crippen LogP contribution in [0.5, 0.6) is 0 Å². The number of benzene rings is 1. The lowest BCUT2D eigenvalue weighted by molar-refractivity contribution is 0.203. The number of fused-ring (bicyclic) bond motifs is 1. The molecule has 10 heteroatoms. The van der Waals surface area contributed by atoms with Gasteiger partial charge in [0.25, 0.3) is 5.56 Å². The van der Waals surface area contributed by atoms with E-state index in [1.54, 1.807) is 6.07 Å². The van der Waals surface area contributed by atoms with Crippen LogP contribution >= 0.6 is 9.24 Å². The van der Waals surface area contributed by atoms with E-state index in [2.05, 4.69) is 24.5 Å². The predicted molar refractivity (Wildman–Crippen MR) is 107 cm³/mol. The Kier molecular flexibility index (Phi) is 7.51. The van der Waals surface area contributed by atoms with E-state index < -0.39 is 36.6 Å². The summed E-state index contributed by atoms with van der Waals surface area (Å²) in [5.41, 5.74) is -0.827. The molecule has 0 spiro atoms. The normalized spacial score (nSPS) is 10.7. The van der Waals surface area contributed by atoms with Crippen molar-refractivity contribution in [3.63, 3.8) is 0 Å². The van der Waals surface area contributed by atoms with Crippen molar-refractivity contribution in [2.24, 2.45) is 0 Å². The molecule has 1 aromatic carbocycles. The minimum Gasteiger partial charge on any atom is -0.394 e. The first-order valence-electron chi connectivity index (χ1n) is 8.57. The summed E-state index contributed by atoms with van der Waals surface area (Å²) in [6.07, 6.45) is 0. The highest BCUT2D eigenvalue weighted by atomic mass is 31.0. The summed E-state index contributed by atoms with van der Waals surface area (Å²) in [5, 5.41) is 21.3. The monoisotopic (exact) mass is 410 g/mol. The van der Waals surface area contributed by atoms with Crippen LogP contribution in [0.2, 0.25) is 0 Å². The first kappa shape index (κ1) is 21.8. The Morgan fingerprint density at radius 3 is 2.43 bits per heavy atom. The largest absolute Gasteiger partial charge is 0.394 e. The second-order valence-corrected chi connectivity index (χ2v) is 6.17. The summed E-state index contributed by atoms with van der Waals surface area (Å²) in [6, 6.07) is 5.68. The van der Waals surface area contributed by atoms with Crippen molar-refractivity contribution in [1.82, 2.24) is 14.5 Å². The number of anilines is 1. The first-order valence-corrected chi connectivity index (χ1v) is 9.15. The number of nitrogens with one attached hydrogen (secondary N) is 1. The zero-order valence-electron chi connectivity index (χ0n) is 15.4. The van der Waals surface area contributed by atoms with Crippen molar-refractivity contribution >= 4 is 31.5 Å². The molecule has 2 heterocycles. The molecule has 0 amide bonds. The van der Waals surface area contributed by atoms with Gasteiger partial charge in [0.2, 0.25) is 11.9 Å². The van der Waals surface area contributed by atoms with Crippen molar-refractivity contribution in [3.8, 4) is 5.69 Å². The second kappa shape index (κ2) is 9.64. The number of hydrogen-bond acceptors (Lipinski definition) is 6. The summed E-state index contributed by atoms with van der Waals surface area (Å²) in [5.74, 6) is -1.85. The van der Waals surface area contributed by atoms with Crippen LogP contribution < -0.4 is 16.2 Å². The number of nitrogens with zero attached hydrogens (tertiary/aromatic N) is 3. The van der Waals surface area contributed by atoms with E-state index in [4.69, 9.17) is 10.2 Å². The minimum absolute atomic E-state index is 0.0750. The maximum atomic E-state index is 14.4. The van der Waals surface area contributed by atoms with Crippen molar-refractivity contribution < 1.29 is 19.0 Å². The van der Waals surface area contributed by atoms with Gasteiger partial charge in [-0.15, -0.1) is 9.24 Å². The Morgan fingerprint density at radius 2 is 1.82 bits per heavy atom. The fraction of sp³-hybridized carbons (Fsp3) is 0.278. The predicted octanol–water partition coefficient (Wildman–Crippen LogP) is 1.35. The third kappa shape index (κ3) is 4.49. The van der Waals surface area contributed by atoms with Gasteiger partial charge in [0, 0.05) is 6.07 Å². The summed E-state index contributed by atoms with van der Waals surface area (Å²) in [4.78, 5) is 20.0. The molecular weight excluding hydrogens is 389 g/mol. The van der Waals surface area contributed by atoms with Gasteiger partial charge in [-0.2, -0.15) is 14.4 Å². The van der Waals surface area contributed by atoms with E-state index in [0.29, 0.717) is 5.30 Å². The van der Waals surface area contributed by atoms with Gasteiger partial charge >= 0.3 is 0 Å². The Morgan fingerprint density at radius 1 is 1.14 bits per heavy atom. The Balaban J connectivity index is 0.00000136. The molecule has 1 atom stereocenters. The van der Waals surface area contributed by atoms with Crippen LogP contribution in [0.25, 0.3) is 16.7 Å². The van der Waals surface area contributed by atoms with Crippen molar-refractivity contribution in [2.75, 3.05) is 18.5 Å². The highest BCUT2D eigenvalue weighted by molar-refractivity contribution is 7.27. The maximum absolute atomic E-state index is 14.4. The fourth-order valence-electron chi connectivity index (χ4n) is 2.41. The average Bonchev–Trinajstić information content (AvgIpc) is 2.68. The molecule has 0 fully saturated rings. The van der Waals surface area contributed by atoms with Gasteiger partial charge in [-0.25, -0.2) is 4.39 Å². The van der Waals surface area contributed by atoms with Gasteiger partial charge in [-0.3, -0.25) is 9.36 Å². The lowest BCUT2D eigenvalue weighted by atomic mass is 10.2. The summed E-state index contributed by atoms with van der Waals surface area (Å²) in [7, 11) is 2.34. The van der Waals surface area contributed by atoms with Crippen molar-refractivity contribution in [2.45, 2.75) is 19.9 Å². The quantitative estimate of drug-likeness (QED) is 0.434. The molecule has 0 radical (unpaired) electrons. The Hall–Kier alpha value is -2.48. The van der Waals surface area contributed by atoms with Crippen LogP contribution in [-0.2, 0) is 0 Å². The highest BCUT2D eigenvalue weighted by Gasteiger charge is 2.17. The number of pyridine rings is 1. The molecule has 0 aliphatic heterocycles. The maximum Gasteiger partial charge on any atom is 0.256 e. The van der Waals surface area contributed by atoms with E-state index in [9.17, 15) is 13.6 Å². The minimum atomic E-state index is -0.927. The molecule has 3 rings (SSSR count). The molecular formula is C18H21F2N4O3P. The summed E-state index contributed by atoms with van der Waals surface area (Å²) >= 11 is 0. The highest BCUT2D eigenvalue weighted by Crippen LogP contribution is 2.20. The van der Waals surface area contributed by atoms with Gasteiger partial charge in [0.15, 0.2) is 5.65 Å². The van der Waals surface area contributed by atoms with Gasteiger partial charge in [-0.05, 0) is 23.5 Å². The third-order valence-electron chi connectivity index (χ3n) is 3.69. The molecule has 28 heavy (non-hydrogen) atoms. The van der Waals surface area contributed by atoms with Gasteiger partial charge in [0.1, 0.15) is 5.82 Å². The lowest BCUT2D eigenvalue weighted by Gasteiger charge is -2.15. The van der Waals surface area contributed by atoms with Crippen molar-refractivity contribution in [3.05, 3.63) is 52.5 Å². The number of aromatic nitrogens is 3.